The third-order valence-electron chi connectivity index (χ3n) is 5.40. The molecule has 35 heavy (non-hydrogen) atoms. The standard InChI is InChI=1S/C25H26ClN5O4/c1-15-14-20(16(2)31(15)19-6-4-3-5-7-19)24(34)29-30-25(35)21(12-13-22(27)32)28-23(33)17-8-10-18(26)11-9-17/h3-11,14,21H,12-13H2,1-2H3,(H2,27,32)(H,28,33)(H,29,34)(H,30,35)/t21-/m1/s1. The molecule has 0 unspecified atom stereocenters. The zero-order valence-corrected chi connectivity index (χ0v) is 20.1. The number of nitrogens with zero attached hydrogens (tertiary/aromatic N) is 1. The number of aryl methyl sites for hydroxylation is 1. The van der Waals surface area contributed by atoms with Gasteiger partial charge in [-0.1, -0.05) is 29.8 Å². The first-order chi connectivity index (χ1) is 16.7. The summed E-state index contributed by atoms with van der Waals surface area (Å²) in [6.07, 6.45) is -0.177. The van der Waals surface area contributed by atoms with Crippen LogP contribution in [0.2, 0.25) is 5.02 Å². The van der Waals surface area contributed by atoms with Gasteiger partial charge >= 0.3 is 0 Å². The van der Waals surface area contributed by atoms with E-state index < -0.39 is 29.7 Å². The van der Waals surface area contributed by atoms with E-state index in [1.807, 2.05) is 41.8 Å². The molecule has 4 amide bonds. The van der Waals surface area contributed by atoms with Crippen molar-refractivity contribution in [1.82, 2.24) is 20.7 Å². The van der Waals surface area contributed by atoms with Crippen LogP contribution < -0.4 is 21.9 Å². The minimum atomic E-state index is -1.11. The second kappa shape index (κ2) is 11.3. The SMILES string of the molecule is Cc1cc(C(=O)NNC(=O)[C@@H](CCC(N)=O)NC(=O)c2ccc(Cl)cc2)c(C)n1-c1ccccc1. The smallest absolute Gasteiger partial charge is 0.271 e. The van der Waals surface area contributed by atoms with Gasteiger partial charge in [0.05, 0.1) is 5.56 Å². The van der Waals surface area contributed by atoms with E-state index in [4.69, 9.17) is 17.3 Å². The number of carbonyl (C=O) groups excluding carboxylic acids is 4. The molecule has 0 saturated carbocycles. The summed E-state index contributed by atoms with van der Waals surface area (Å²) in [4.78, 5) is 49.4. The molecular formula is C25H26ClN5O4. The van der Waals surface area contributed by atoms with Gasteiger partial charge in [0.25, 0.3) is 17.7 Å². The minimum absolute atomic E-state index is 0.0428. The van der Waals surface area contributed by atoms with E-state index in [1.165, 1.54) is 12.1 Å². The van der Waals surface area contributed by atoms with Crippen molar-refractivity contribution in [2.75, 3.05) is 0 Å². The number of hydrogen-bond acceptors (Lipinski definition) is 4. The van der Waals surface area contributed by atoms with Crippen LogP contribution in [0.3, 0.4) is 0 Å². The first-order valence-corrected chi connectivity index (χ1v) is 11.2. The van der Waals surface area contributed by atoms with E-state index in [0.29, 0.717) is 16.3 Å². The fraction of sp³-hybridized carbons (Fsp3) is 0.200. The molecule has 2 aromatic carbocycles. The van der Waals surface area contributed by atoms with E-state index >= 15 is 0 Å². The highest BCUT2D eigenvalue weighted by molar-refractivity contribution is 6.30. The number of hydrogen-bond donors (Lipinski definition) is 4. The first kappa shape index (κ1) is 25.5. The molecule has 3 aromatic rings. The lowest BCUT2D eigenvalue weighted by molar-refractivity contribution is -0.124. The Morgan fingerprint density at radius 2 is 1.60 bits per heavy atom. The predicted molar refractivity (Wildman–Crippen MR) is 132 cm³/mol. The topological polar surface area (TPSA) is 135 Å². The number of hydrazine groups is 1. The quantitative estimate of drug-likeness (QED) is 0.357. The Bertz CT molecular complexity index is 1240. The fourth-order valence-electron chi connectivity index (χ4n) is 3.64. The van der Waals surface area contributed by atoms with Crippen molar-refractivity contribution in [3.05, 3.63) is 88.2 Å². The molecule has 0 fully saturated rings. The van der Waals surface area contributed by atoms with Crippen LogP contribution in [0.25, 0.3) is 5.69 Å². The molecule has 5 N–H and O–H groups in total. The van der Waals surface area contributed by atoms with Gasteiger partial charge in [-0.15, -0.1) is 0 Å². The van der Waals surface area contributed by atoms with Crippen LogP contribution in [0.15, 0.2) is 60.7 Å². The van der Waals surface area contributed by atoms with Crippen LogP contribution in [0, 0.1) is 13.8 Å². The summed E-state index contributed by atoms with van der Waals surface area (Å²) in [5.74, 6) is -2.38. The maximum Gasteiger partial charge on any atom is 0.271 e. The average Bonchev–Trinajstić information content (AvgIpc) is 3.14. The summed E-state index contributed by atoms with van der Waals surface area (Å²) in [5, 5.41) is 3.02. The lowest BCUT2D eigenvalue weighted by atomic mass is 10.1. The Morgan fingerprint density at radius 3 is 2.23 bits per heavy atom. The van der Waals surface area contributed by atoms with Crippen molar-refractivity contribution < 1.29 is 19.2 Å². The Hall–Kier alpha value is -4.11. The Morgan fingerprint density at radius 1 is 0.943 bits per heavy atom. The molecule has 10 heteroatoms. The Kier molecular flexibility index (Phi) is 8.27. The number of nitrogens with two attached hydrogens (primary N) is 1. The van der Waals surface area contributed by atoms with Crippen molar-refractivity contribution in [3.8, 4) is 5.69 Å². The number of nitrogens with one attached hydrogen (secondary N) is 3. The fourth-order valence-corrected chi connectivity index (χ4v) is 3.76. The van der Waals surface area contributed by atoms with Crippen LogP contribution in [0.4, 0.5) is 0 Å². The second-order valence-corrected chi connectivity index (χ2v) is 8.37. The molecule has 182 valence electrons. The highest BCUT2D eigenvalue weighted by atomic mass is 35.5. The first-order valence-electron chi connectivity index (χ1n) is 10.9. The van der Waals surface area contributed by atoms with E-state index in [1.54, 1.807) is 25.1 Å². The molecule has 9 nitrogen and oxygen atoms in total. The van der Waals surface area contributed by atoms with Gasteiger partial charge in [-0.2, -0.15) is 0 Å². The molecule has 0 aliphatic carbocycles. The average molecular weight is 496 g/mol. The van der Waals surface area contributed by atoms with Gasteiger partial charge in [0.2, 0.25) is 5.91 Å². The van der Waals surface area contributed by atoms with Gasteiger partial charge < -0.3 is 15.6 Å². The van der Waals surface area contributed by atoms with Crippen molar-refractivity contribution in [3.63, 3.8) is 0 Å². The normalized spacial score (nSPS) is 11.4. The van der Waals surface area contributed by atoms with E-state index in [9.17, 15) is 19.2 Å². The third kappa shape index (κ3) is 6.48. The Labute approximate surface area is 207 Å². The van der Waals surface area contributed by atoms with E-state index in [0.717, 1.165) is 11.4 Å². The van der Waals surface area contributed by atoms with Gasteiger partial charge in [0.15, 0.2) is 0 Å². The zero-order valence-electron chi connectivity index (χ0n) is 19.3. The summed E-state index contributed by atoms with van der Waals surface area (Å²) >= 11 is 5.85. The molecule has 1 aromatic heterocycles. The summed E-state index contributed by atoms with van der Waals surface area (Å²) in [6.45, 7) is 3.68. The van der Waals surface area contributed by atoms with Crippen molar-refractivity contribution >= 4 is 35.2 Å². The summed E-state index contributed by atoms with van der Waals surface area (Å²) in [6, 6.07) is 16.3. The second-order valence-electron chi connectivity index (χ2n) is 7.94. The molecule has 0 saturated heterocycles. The van der Waals surface area contributed by atoms with Crippen molar-refractivity contribution in [1.29, 1.82) is 0 Å². The van der Waals surface area contributed by atoms with Gasteiger partial charge in [-0.3, -0.25) is 30.0 Å². The molecule has 0 bridgehead atoms. The number of amides is 4. The van der Waals surface area contributed by atoms with Gasteiger partial charge in [0, 0.05) is 34.1 Å². The lowest BCUT2D eigenvalue weighted by Crippen LogP contribution is -2.52. The van der Waals surface area contributed by atoms with Gasteiger partial charge in [0.1, 0.15) is 6.04 Å². The van der Waals surface area contributed by atoms with Crippen LogP contribution in [0.1, 0.15) is 44.9 Å². The maximum absolute atomic E-state index is 12.8. The molecule has 1 atom stereocenters. The number of aromatic nitrogens is 1. The summed E-state index contributed by atoms with van der Waals surface area (Å²) in [7, 11) is 0. The molecule has 1 heterocycles. The zero-order chi connectivity index (χ0) is 25.5. The highest BCUT2D eigenvalue weighted by Gasteiger charge is 2.24. The monoisotopic (exact) mass is 495 g/mol. The predicted octanol–water partition coefficient (Wildman–Crippen LogP) is 2.57. The van der Waals surface area contributed by atoms with E-state index in [-0.39, 0.29) is 18.4 Å². The van der Waals surface area contributed by atoms with Crippen LogP contribution in [0.5, 0.6) is 0 Å². The van der Waals surface area contributed by atoms with Crippen LogP contribution in [-0.4, -0.2) is 34.2 Å². The van der Waals surface area contributed by atoms with Crippen LogP contribution >= 0.6 is 11.6 Å². The number of para-hydroxylation sites is 1. The molecule has 0 aliphatic rings. The third-order valence-corrected chi connectivity index (χ3v) is 5.65. The minimum Gasteiger partial charge on any atom is -0.370 e. The largest absolute Gasteiger partial charge is 0.370 e. The molecule has 3 rings (SSSR count). The summed E-state index contributed by atoms with van der Waals surface area (Å²) in [5.41, 5.74) is 13.0. The molecule has 0 radical (unpaired) electrons. The number of rotatable bonds is 8. The van der Waals surface area contributed by atoms with Crippen molar-refractivity contribution in [2.24, 2.45) is 5.73 Å². The highest BCUT2D eigenvalue weighted by Crippen LogP contribution is 2.20. The number of primary amides is 1. The van der Waals surface area contributed by atoms with Gasteiger partial charge in [-0.25, -0.2) is 0 Å². The maximum atomic E-state index is 12.8. The van der Waals surface area contributed by atoms with Crippen molar-refractivity contribution in [2.45, 2.75) is 32.7 Å². The summed E-state index contributed by atoms with van der Waals surface area (Å²) < 4.78 is 1.93. The van der Waals surface area contributed by atoms with Crippen LogP contribution in [-0.2, 0) is 9.59 Å². The van der Waals surface area contributed by atoms with Gasteiger partial charge in [-0.05, 0) is 62.7 Å². The number of benzene rings is 2. The lowest BCUT2D eigenvalue weighted by Gasteiger charge is -2.18. The van der Waals surface area contributed by atoms with E-state index in [2.05, 4.69) is 16.2 Å². The molecule has 0 aliphatic heterocycles. The number of halogens is 1. The molecular weight excluding hydrogens is 470 g/mol. The number of carbonyl (C=O) groups is 4. The molecule has 0 spiro atoms. The Balaban J connectivity index is 1.69.